The smallest absolute Gasteiger partial charge is 0.276 e. The highest BCUT2D eigenvalue weighted by Crippen LogP contribution is 2.28. The van der Waals surface area contributed by atoms with Crippen LogP contribution in [0.2, 0.25) is 0 Å². The molecule has 1 atom stereocenters. The number of hydrogen-bond donors (Lipinski definition) is 1. The minimum atomic E-state index is -0.612. The molecule has 2 rings (SSSR count). The molecule has 0 spiro atoms. The van der Waals surface area contributed by atoms with E-state index < -0.39 is 9.85 Å². The van der Waals surface area contributed by atoms with Crippen LogP contribution in [0, 0.1) is 20.2 Å². The van der Waals surface area contributed by atoms with E-state index in [1.807, 2.05) is 19.9 Å². The van der Waals surface area contributed by atoms with Gasteiger partial charge in [0.1, 0.15) is 5.75 Å². The van der Waals surface area contributed by atoms with Crippen LogP contribution in [0.4, 0.5) is 11.4 Å². The number of non-ortho nitro benzene ring substituents is 2. The maximum atomic E-state index is 10.6. The normalized spacial score (nSPS) is 11.0. The Balaban J connectivity index is 0.000000313. The lowest BCUT2D eigenvalue weighted by Crippen LogP contribution is -1.98. The van der Waals surface area contributed by atoms with E-state index in [0.717, 1.165) is 12.5 Å². The number of rotatable bonds is 4. The molecule has 122 valence electrons. The number of aromatic hydroxyl groups is 1. The van der Waals surface area contributed by atoms with Gasteiger partial charge in [-0.15, -0.1) is 0 Å². The largest absolute Gasteiger partial charge is 0.508 e. The Morgan fingerprint density at radius 2 is 1.48 bits per heavy atom. The fraction of sp³-hybridized carbons (Fsp3) is 0.250. The second-order valence-electron chi connectivity index (χ2n) is 4.94. The molecule has 0 aliphatic heterocycles. The molecule has 1 unspecified atom stereocenters. The Kier molecular flexibility index (Phi) is 6.67. The van der Waals surface area contributed by atoms with Gasteiger partial charge in [0, 0.05) is 12.1 Å². The first-order chi connectivity index (χ1) is 10.8. The lowest BCUT2D eigenvalue weighted by atomic mass is 9.98. The highest BCUT2D eigenvalue weighted by Gasteiger charge is 2.18. The summed E-state index contributed by atoms with van der Waals surface area (Å²) in [6.45, 7) is 3.80. The molecular weight excluding hydrogens is 300 g/mol. The molecule has 1 N–H and O–H groups in total. The molecule has 2 aromatic rings. The average molecular weight is 318 g/mol. The summed E-state index contributed by atoms with van der Waals surface area (Å²) in [5, 5.41) is 29.9. The number of hydrogen-bond acceptors (Lipinski definition) is 5. The third-order valence-corrected chi connectivity index (χ3v) is 3.28. The maximum absolute atomic E-state index is 10.6. The summed E-state index contributed by atoms with van der Waals surface area (Å²) in [6.07, 6.45) is 0.776. The molecule has 0 bridgehead atoms. The molecule has 0 amide bonds. The fourth-order valence-electron chi connectivity index (χ4n) is 1.78. The molecule has 2 aromatic carbocycles. The second-order valence-corrected chi connectivity index (χ2v) is 4.94. The Labute approximate surface area is 133 Å². The second kappa shape index (κ2) is 8.47. The Morgan fingerprint density at radius 3 is 1.78 bits per heavy atom. The van der Waals surface area contributed by atoms with Gasteiger partial charge in [-0.3, -0.25) is 20.2 Å². The highest BCUT2D eigenvalue weighted by atomic mass is 16.6. The molecule has 0 aliphatic carbocycles. The van der Waals surface area contributed by atoms with Crippen molar-refractivity contribution >= 4 is 11.4 Å². The van der Waals surface area contributed by atoms with E-state index in [-0.39, 0.29) is 17.3 Å². The zero-order valence-corrected chi connectivity index (χ0v) is 12.9. The number of nitro groups is 2. The minimum absolute atomic E-state index is 0.0681. The van der Waals surface area contributed by atoms with Crippen LogP contribution in [-0.2, 0) is 0 Å². The summed E-state index contributed by atoms with van der Waals surface area (Å²) in [6, 6.07) is 12.5. The summed E-state index contributed by atoms with van der Waals surface area (Å²) in [4.78, 5) is 20.0. The Hall–Kier alpha value is -2.96. The zero-order valence-electron chi connectivity index (χ0n) is 12.9. The van der Waals surface area contributed by atoms with Crippen molar-refractivity contribution < 1.29 is 15.0 Å². The molecular formula is C16H18N2O5. The summed E-state index contributed by atoms with van der Waals surface area (Å²) < 4.78 is 0. The average Bonchev–Trinajstić information content (AvgIpc) is 2.54. The van der Waals surface area contributed by atoms with Crippen LogP contribution in [-0.4, -0.2) is 15.0 Å². The highest BCUT2D eigenvalue weighted by molar-refractivity contribution is 5.47. The molecule has 0 radical (unpaired) electrons. The monoisotopic (exact) mass is 318 g/mol. The van der Waals surface area contributed by atoms with Crippen LogP contribution in [0.3, 0.4) is 0 Å². The molecule has 0 aliphatic rings. The van der Waals surface area contributed by atoms with E-state index in [1.165, 1.54) is 12.1 Å². The summed E-state index contributed by atoms with van der Waals surface area (Å²) >= 11 is 0. The van der Waals surface area contributed by atoms with Crippen molar-refractivity contribution in [3.63, 3.8) is 0 Å². The van der Waals surface area contributed by atoms with Gasteiger partial charge in [0.25, 0.3) is 11.4 Å². The van der Waals surface area contributed by atoms with E-state index in [4.69, 9.17) is 5.11 Å². The van der Waals surface area contributed by atoms with Crippen molar-refractivity contribution in [1.82, 2.24) is 0 Å². The quantitative estimate of drug-likeness (QED) is 0.663. The first-order valence-corrected chi connectivity index (χ1v) is 7.03. The Bertz CT molecular complexity index is 641. The maximum Gasteiger partial charge on any atom is 0.276 e. The SMILES string of the molecule is CCC(C)c1cc([N+](=O)[O-])cc([N+](=O)[O-])c1.Oc1ccccc1. The van der Waals surface area contributed by atoms with E-state index in [2.05, 4.69) is 0 Å². The van der Waals surface area contributed by atoms with Crippen LogP contribution in [0.1, 0.15) is 31.7 Å². The van der Waals surface area contributed by atoms with Crippen LogP contribution in [0.5, 0.6) is 5.75 Å². The van der Waals surface area contributed by atoms with Crippen molar-refractivity contribution in [2.24, 2.45) is 0 Å². The number of benzene rings is 2. The molecule has 0 heterocycles. The predicted octanol–water partition coefficient (Wildman–Crippen LogP) is 4.41. The van der Waals surface area contributed by atoms with Gasteiger partial charge in [-0.05, 0) is 30.0 Å². The summed E-state index contributed by atoms with van der Waals surface area (Å²) in [5.41, 5.74) is 0.164. The zero-order chi connectivity index (χ0) is 17.4. The third kappa shape index (κ3) is 5.74. The lowest BCUT2D eigenvalue weighted by Gasteiger charge is -2.07. The van der Waals surface area contributed by atoms with Gasteiger partial charge in [-0.1, -0.05) is 32.0 Å². The van der Waals surface area contributed by atoms with Gasteiger partial charge in [0.15, 0.2) is 0 Å². The molecule has 0 aromatic heterocycles. The molecule has 7 nitrogen and oxygen atoms in total. The van der Waals surface area contributed by atoms with Crippen molar-refractivity contribution in [2.45, 2.75) is 26.2 Å². The molecule has 0 saturated heterocycles. The van der Waals surface area contributed by atoms with Crippen molar-refractivity contribution in [3.05, 3.63) is 74.3 Å². The van der Waals surface area contributed by atoms with Gasteiger partial charge in [-0.25, -0.2) is 0 Å². The first-order valence-electron chi connectivity index (χ1n) is 7.03. The molecule has 7 heteroatoms. The standard InChI is InChI=1S/C10H12N2O4.C6H6O/c1-3-7(2)8-4-9(11(13)14)6-10(5-8)12(15)16;7-6-4-2-1-3-5-6/h4-7H,3H2,1-2H3;1-5,7H. The number of para-hydroxylation sites is 1. The number of phenols is 1. The summed E-state index contributed by atoms with van der Waals surface area (Å²) in [7, 11) is 0. The van der Waals surface area contributed by atoms with Gasteiger partial charge in [0.2, 0.25) is 0 Å². The number of nitrogens with zero attached hydrogens (tertiary/aromatic N) is 2. The first kappa shape index (κ1) is 18.1. The molecule has 0 saturated carbocycles. The number of phenolic OH excluding ortho intramolecular Hbond substituents is 1. The van der Waals surface area contributed by atoms with Crippen LogP contribution in [0.25, 0.3) is 0 Å². The van der Waals surface area contributed by atoms with Crippen molar-refractivity contribution in [1.29, 1.82) is 0 Å². The van der Waals surface area contributed by atoms with Crippen molar-refractivity contribution in [2.75, 3.05) is 0 Å². The number of nitro benzene ring substituents is 2. The van der Waals surface area contributed by atoms with Crippen LogP contribution < -0.4 is 0 Å². The molecule has 23 heavy (non-hydrogen) atoms. The predicted molar refractivity (Wildman–Crippen MR) is 86.6 cm³/mol. The van der Waals surface area contributed by atoms with Crippen molar-refractivity contribution in [3.8, 4) is 5.75 Å². The van der Waals surface area contributed by atoms with E-state index in [9.17, 15) is 20.2 Å². The van der Waals surface area contributed by atoms with Crippen LogP contribution in [0.15, 0.2) is 48.5 Å². The summed E-state index contributed by atoms with van der Waals surface area (Å²) in [5.74, 6) is 0.390. The van der Waals surface area contributed by atoms with Gasteiger partial charge >= 0.3 is 0 Å². The van der Waals surface area contributed by atoms with E-state index in [0.29, 0.717) is 11.3 Å². The minimum Gasteiger partial charge on any atom is -0.508 e. The van der Waals surface area contributed by atoms with Gasteiger partial charge in [-0.2, -0.15) is 0 Å². The topological polar surface area (TPSA) is 107 Å². The van der Waals surface area contributed by atoms with E-state index in [1.54, 1.807) is 24.3 Å². The van der Waals surface area contributed by atoms with Gasteiger partial charge < -0.3 is 5.11 Å². The Morgan fingerprint density at radius 1 is 1.00 bits per heavy atom. The molecule has 0 fully saturated rings. The third-order valence-electron chi connectivity index (χ3n) is 3.28. The van der Waals surface area contributed by atoms with Crippen LogP contribution >= 0.6 is 0 Å². The van der Waals surface area contributed by atoms with Gasteiger partial charge in [0.05, 0.1) is 15.9 Å². The fourth-order valence-corrected chi connectivity index (χ4v) is 1.78. The lowest BCUT2D eigenvalue weighted by molar-refractivity contribution is -0.394. The van der Waals surface area contributed by atoms with E-state index >= 15 is 0 Å².